The molecule has 1 aromatic carbocycles. The number of rotatable bonds is 6. The number of pyridine rings is 1. The predicted molar refractivity (Wildman–Crippen MR) is 101 cm³/mol. The molecule has 0 atom stereocenters. The Labute approximate surface area is 153 Å². The summed E-state index contributed by atoms with van der Waals surface area (Å²) >= 11 is 0. The number of nitro groups is 1. The van der Waals surface area contributed by atoms with Crippen molar-refractivity contribution < 1.29 is 9.66 Å². The number of aromatic nitrogens is 1. The van der Waals surface area contributed by atoms with E-state index in [-0.39, 0.29) is 11.2 Å². The van der Waals surface area contributed by atoms with Crippen LogP contribution in [0.1, 0.15) is 13.8 Å². The van der Waals surface area contributed by atoms with Crippen LogP contribution in [0.15, 0.2) is 42.5 Å². The monoisotopic (exact) mass is 356 g/mol. The van der Waals surface area contributed by atoms with Gasteiger partial charge in [-0.05, 0) is 19.9 Å². The molecule has 3 rings (SSSR count). The van der Waals surface area contributed by atoms with Crippen molar-refractivity contribution in [1.29, 1.82) is 0 Å². The summed E-state index contributed by atoms with van der Waals surface area (Å²) in [6, 6.07) is 12.4. The fraction of sp³-hybridized carbons (Fsp3) is 0.421. The molecule has 26 heavy (non-hydrogen) atoms. The van der Waals surface area contributed by atoms with Crippen LogP contribution < -0.4 is 5.32 Å². The van der Waals surface area contributed by atoms with Crippen molar-refractivity contribution in [1.82, 2.24) is 9.88 Å². The van der Waals surface area contributed by atoms with Crippen LogP contribution in [-0.4, -0.2) is 53.2 Å². The second-order valence-electron chi connectivity index (χ2n) is 6.95. The van der Waals surface area contributed by atoms with Gasteiger partial charge in [-0.2, -0.15) is 0 Å². The summed E-state index contributed by atoms with van der Waals surface area (Å²) in [7, 11) is 0. The highest BCUT2D eigenvalue weighted by Crippen LogP contribution is 2.29. The largest absolute Gasteiger partial charge is 0.379 e. The highest BCUT2D eigenvalue weighted by Gasteiger charge is 2.28. The zero-order chi connectivity index (χ0) is 18.6. The minimum Gasteiger partial charge on any atom is -0.379 e. The lowest BCUT2D eigenvalue weighted by molar-refractivity contribution is -0.384. The van der Waals surface area contributed by atoms with Gasteiger partial charge in [0.05, 0.1) is 18.1 Å². The molecule has 0 amide bonds. The Morgan fingerprint density at radius 1 is 1.19 bits per heavy atom. The zero-order valence-electron chi connectivity index (χ0n) is 15.1. The van der Waals surface area contributed by atoms with E-state index in [1.165, 1.54) is 6.07 Å². The van der Waals surface area contributed by atoms with Gasteiger partial charge in [0.15, 0.2) is 5.69 Å². The predicted octanol–water partition coefficient (Wildman–Crippen LogP) is 3.18. The summed E-state index contributed by atoms with van der Waals surface area (Å²) < 4.78 is 5.42. The zero-order valence-corrected chi connectivity index (χ0v) is 15.1. The van der Waals surface area contributed by atoms with E-state index in [0.29, 0.717) is 18.1 Å². The Kier molecular flexibility index (Phi) is 5.49. The van der Waals surface area contributed by atoms with E-state index in [4.69, 9.17) is 4.74 Å². The summed E-state index contributed by atoms with van der Waals surface area (Å²) in [4.78, 5) is 17.9. The first kappa shape index (κ1) is 18.3. The van der Waals surface area contributed by atoms with Crippen LogP contribution in [0.4, 0.5) is 11.5 Å². The Bertz CT molecular complexity index is 759. The standard InChI is InChI=1S/C19H24N4O3/c1-19(2,22-10-12-26-13-11-22)14-20-17-9-8-16(23(24)25)18(21-17)15-6-4-3-5-7-15/h3-9H,10-14H2,1-2H3,(H,20,21). The van der Waals surface area contributed by atoms with Crippen LogP contribution in [-0.2, 0) is 4.74 Å². The SMILES string of the molecule is CC(C)(CNc1ccc([N+](=O)[O-])c(-c2ccccc2)n1)N1CCOCC1. The van der Waals surface area contributed by atoms with Gasteiger partial charge in [-0.15, -0.1) is 0 Å². The van der Waals surface area contributed by atoms with E-state index in [0.717, 1.165) is 31.9 Å². The van der Waals surface area contributed by atoms with Crippen molar-refractivity contribution in [2.45, 2.75) is 19.4 Å². The summed E-state index contributed by atoms with van der Waals surface area (Å²) in [6.07, 6.45) is 0. The van der Waals surface area contributed by atoms with Crippen LogP contribution >= 0.6 is 0 Å². The average molecular weight is 356 g/mol. The molecule has 1 aromatic heterocycles. The molecule has 0 saturated carbocycles. The van der Waals surface area contributed by atoms with Crippen molar-refractivity contribution in [3.05, 3.63) is 52.6 Å². The van der Waals surface area contributed by atoms with Gasteiger partial charge >= 0.3 is 0 Å². The van der Waals surface area contributed by atoms with E-state index in [9.17, 15) is 10.1 Å². The van der Waals surface area contributed by atoms with Crippen LogP contribution in [0.2, 0.25) is 0 Å². The summed E-state index contributed by atoms with van der Waals surface area (Å²) in [6.45, 7) is 8.33. The Morgan fingerprint density at radius 3 is 2.54 bits per heavy atom. The first-order valence-electron chi connectivity index (χ1n) is 8.75. The van der Waals surface area contributed by atoms with Gasteiger partial charge in [0.25, 0.3) is 5.69 Å². The third-order valence-corrected chi connectivity index (χ3v) is 4.69. The number of ether oxygens (including phenoxy) is 1. The summed E-state index contributed by atoms with van der Waals surface area (Å²) in [5, 5.41) is 14.7. The molecule has 2 aromatic rings. The molecule has 0 bridgehead atoms. The first-order chi connectivity index (χ1) is 12.5. The highest BCUT2D eigenvalue weighted by molar-refractivity contribution is 5.71. The maximum absolute atomic E-state index is 11.4. The molecule has 1 fully saturated rings. The second kappa shape index (κ2) is 7.80. The topological polar surface area (TPSA) is 80.5 Å². The van der Waals surface area contributed by atoms with Crippen molar-refractivity contribution in [2.24, 2.45) is 0 Å². The van der Waals surface area contributed by atoms with E-state index in [2.05, 4.69) is 29.0 Å². The molecule has 1 aliphatic heterocycles. The summed E-state index contributed by atoms with van der Waals surface area (Å²) in [5.74, 6) is 0.635. The smallest absolute Gasteiger partial charge is 0.295 e. The molecule has 0 radical (unpaired) electrons. The molecule has 0 spiro atoms. The van der Waals surface area contributed by atoms with Gasteiger partial charge in [0.2, 0.25) is 0 Å². The van der Waals surface area contributed by atoms with Crippen molar-refractivity contribution in [2.75, 3.05) is 38.2 Å². The molecule has 7 heteroatoms. The number of hydrogen-bond donors (Lipinski definition) is 1. The van der Waals surface area contributed by atoms with Crippen LogP contribution in [0, 0.1) is 10.1 Å². The second-order valence-corrected chi connectivity index (χ2v) is 6.95. The Hall–Kier alpha value is -2.51. The molecular formula is C19H24N4O3. The summed E-state index contributed by atoms with van der Waals surface area (Å²) in [5.41, 5.74) is 1.05. The van der Waals surface area contributed by atoms with Gasteiger partial charge in [0.1, 0.15) is 5.82 Å². The maximum atomic E-state index is 11.4. The van der Waals surface area contributed by atoms with Gasteiger partial charge in [0, 0.05) is 36.8 Å². The van der Waals surface area contributed by atoms with Gasteiger partial charge in [-0.1, -0.05) is 30.3 Å². The van der Waals surface area contributed by atoms with Crippen molar-refractivity contribution >= 4 is 11.5 Å². The van der Waals surface area contributed by atoms with Crippen LogP contribution in [0.25, 0.3) is 11.3 Å². The average Bonchev–Trinajstić information content (AvgIpc) is 2.67. The molecule has 138 valence electrons. The van der Waals surface area contributed by atoms with E-state index < -0.39 is 4.92 Å². The number of benzene rings is 1. The molecule has 1 saturated heterocycles. The Morgan fingerprint density at radius 2 is 1.88 bits per heavy atom. The Balaban J connectivity index is 1.79. The number of anilines is 1. The maximum Gasteiger partial charge on any atom is 0.295 e. The van der Waals surface area contributed by atoms with Crippen LogP contribution in [0.3, 0.4) is 0 Å². The molecule has 0 aliphatic carbocycles. The van der Waals surface area contributed by atoms with E-state index in [1.807, 2.05) is 30.3 Å². The third-order valence-electron chi connectivity index (χ3n) is 4.69. The van der Waals surface area contributed by atoms with E-state index >= 15 is 0 Å². The quantitative estimate of drug-likeness (QED) is 0.632. The first-order valence-corrected chi connectivity index (χ1v) is 8.75. The lowest BCUT2D eigenvalue weighted by atomic mass is 10.0. The fourth-order valence-electron chi connectivity index (χ4n) is 3.09. The lowest BCUT2D eigenvalue weighted by Crippen LogP contribution is -2.53. The van der Waals surface area contributed by atoms with Crippen LogP contribution in [0.5, 0.6) is 0 Å². The molecule has 7 nitrogen and oxygen atoms in total. The van der Waals surface area contributed by atoms with Gasteiger partial charge in [-0.25, -0.2) is 4.98 Å². The number of hydrogen-bond acceptors (Lipinski definition) is 6. The normalized spacial score (nSPS) is 15.6. The number of morpholine rings is 1. The molecule has 1 N–H and O–H groups in total. The third kappa shape index (κ3) is 4.17. The van der Waals surface area contributed by atoms with E-state index in [1.54, 1.807) is 6.07 Å². The lowest BCUT2D eigenvalue weighted by Gasteiger charge is -2.41. The fourth-order valence-corrected chi connectivity index (χ4v) is 3.09. The van der Waals surface area contributed by atoms with Gasteiger partial charge in [-0.3, -0.25) is 15.0 Å². The number of nitrogens with zero attached hydrogens (tertiary/aromatic N) is 3. The highest BCUT2D eigenvalue weighted by atomic mass is 16.6. The molecule has 1 aliphatic rings. The minimum absolute atomic E-state index is 0.00851. The molecule has 2 heterocycles. The minimum atomic E-state index is -0.392. The van der Waals surface area contributed by atoms with Gasteiger partial charge < -0.3 is 10.1 Å². The van der Waals surface area contributed by atoms with Crippen molar-refractivity contribution in [3.8, 4) is 11.3 Å². The molecule has 0 unspecified atom stereocenters. The molecular weight excluding hydrogens is 332 g/mol. The number of nitrogens with one attached hydrogen (secondary N) is 1. The van der Waals surface area contributed by atoms with Crippen molar-refractivity contribution in [3.63, 3.8) is 0 Å².